The lowest BCUT2D eigenvalue weighted by Gasteiger charge is -2.21. The van der Waals surface area contributed by atoms with Crippen molar-refractivity contribution in [3.05, 3.63) is 29.8 Å². The van der Waals surface area contributed by atoms with E-state index in [1.165, 1.54) is 4.31 Å². The van der Waals surface area contributed by atoms with Crippen LogP contribution in [-0.2, 0) is 16.4 Å². The second-order valence-corrected chi connectivity index (χ2v) is 6.65. The minimum absolute atomic E-state index is 0.0492. The number of benzene rings is 1. The quantitative estimate of drug-likeness (QED) is 0.854. The van der Waals surface area contributed by atoms with E-state index >= 15 is 0 Å². The van der Waals surface area contributed by atoms with Crippen LogP contribution in [0.1, 0.15) is 25.8 Å². The molecule has 1 aromatic carbocycles. The van der Waals surface area contributed by atoms with Gasteiger partial charge in [-0.2, -0.15) is 4.31 Å². The smallest absolute Gasteiger partial charge is 0.243 e. The molecule has 1 rings (SSSR count). The van der Waals surface area contributed by atoms with Gasteiger partial charge in [-0.05, 0) is 50.9 Å². The number of hydrogen-bond donors (Lipinski definition) is 1. The van der Waals surface area contributed by atoms with Gasteiger partial charge in [0.15, 0.2) is 0 Å². The van der Waals surface area contributed by atoms with Gasteiger partial charge in [0.1, 0.15) is 0 Å². The Labute approximate surface area is 110 Å². The molecule has 0 radical (unpaired) electrons. The molecule has 102 valence electrons. The molecule has 5 heteroatoms. The van der Waals surface area contributed by atoms with Gasteiger partial charge in [0.25, 0.3) is 0 Å². The van der Waals surface area contributed by atoms with Gasteiger partial charge in [-0.25, -0.2) is 8.42 Å². The van der Waals surface area contributed by atoms with Gasteiger partial charge in [-0.3, -0.25) is 0 Å². The van der Waals surface area contributed by atoms with Crippen molar-refractivity contribution in [3.8, 4) is 0 Å². The van der Waals surface area contributed by atoms with E-state index in [2.05, 4.69) is 0 Å². The average Bonchev–Trinajstić information content (AvgIpc) is 2.35. The Balaban J connectivity index is 2.91. The zero-order valence-electron chi connectivity index (χ0n) is 11.3. The lowest BCUT2D eigenvalue weighted by molar-refractivity contribution is 0.410. The Morgan fingerprint density at radius 1 is 1.22 bits per heavy atom. The van der Waals surface area contributed by atoms with Crippen LogP contribution in [0.4, 0.5) is 0 Å². The van der Waals surface area contributed by atoms with Gasteiger partial charge in [-0.15, -0.1) is 0 Å². The van der Waals surface area contributed by atoms with E-state index < -0.39 is 10.0 Å². The zero-order chi connectivity index (χ0) is 13.8. The predicted molar refractivity (Wildman–Crippen MR) is 73.9 cm³/mol. The van der Waals surface area contributed by atoms with Crippen molar-refractivity contribution in [1.29, 1.82) is 0 Å². The highest BCUT2D eigenvalue weighted by molar-refractivity contribution is 7.89. The molecule has 0 aromatic heterocycles. The van der Waals surface area contributed by atoms with Crippen LogP contribution in [0.3, 0.4) is 0 Å². The van der Waals surface area contributed by atoms with Crippen LogP contribution in [0.5, 0.6) is 0 Å². The maximum atomic E-state index is 12.2. The van der Waals surface area contributed by atoms with Gasteiger partial charge < -0.3 is 5.73 Å². The van der Waals surface area contributed by atoms with Crippen molar-refractivity contribution in [3.63, 3.8) is 0 Å². The summed E-state index contributed by atoms with van der Waals surface area (Å²) in [6, 6.07) is 7.00. The molecule has 0 fully saturated rings. The number of nitrogens with two attached hydrogens (primary N) is 1. The van der Waals surface area contributed by atoms with E-state index in [1.807, 2.05) is 26.0 Å². The maximum Gasteiger partial charge on any atom is 0.243 e. The third-order valence-electron chi connectivity index (χ3n) is 3.00. The number of aryl methyl sites for hydroxylation is 1. The molecule has 1 aromatic rings. The molecule has 0 atom stereocenters. The molecular formula is C13H22N2O2S. The fourth-order valence-electron chi connectivity index (χ4n) is 1.58. The summed E-state index contributed by atoms with van der Waals surface area (Å²) in [5.74, 6) is 0. The summed E-state index contributed by atoms with van der Waals surface area (Å²) in [5.41, 5.74) is 6.56. The molecule has 18 heavy (non-hydrogen) atoms. The average molecular weight is 270 g/mol. The minimum Gasteiger partial charge on any atom is -0.330 e. The first-order valence-electron chi connectivity index (χ1n) is 6.16. The first kappa shape index (κ1) is 15.1. The molecule has 0 saturated carbocycles. The summed E-state index contributed by atoms with van der Waals surface area (Å²) >= 11 is 0. The third-order valence-corrected chi connectivity index (χ3v) is 5.04. The van der Waals surface area contributed by atoms with Gasteiger partial charge in [-0.1, -0.05) is 12.1 Å². The van der Waals surface area contributed by atoms with Crippen LogP contribution >= 0.6 is 0 Å². The molecule has 0 unspecified atom stereocenters. The Morgan fingerprint density at radius 2 is 1.78 bits per heavy atom. The molecule has 0 bridgehead atoms. The molecule has 0 aliphatic carbocycles. The predicted octanol–water partition coefficient (Wildman–Crippen LogP) is 1.61. The Kier molecular flexibility index (Phi) is 5.31. The summed E-state index contributed by atoms with van der Waals surface area (Å²) < 4.78 is 25.8. The summed E-state index contributed by atoms with van der Waals surface area (Å²) in [7, 11) is -1.77. The molecule has 0 saturated heterocycles. The van der Waals surface area contributed by atoms with Crippen LogP contribution in [0.15, 0.2) is 29.2 Å². The topological polar surface area (TPSA) is 63.4 Å². The summed E-state index contributed by atoms with van der Waals surface area (Å²) in [5, 5.41) is 0. The number of hydrogen-bond acceptors (Lipinski definition) is 3. The first-order valence-corrected chi connectivity index (χ1v) is 7.60. The van der Waals surface area contributed by atoms with Gasteiger partial charge >= 0.3 is 0 Å². The molecule has 2 N–H and O–H groups in total. The highest BCUT2D eigenvalue weighted by Crippen LogP contribution is 2.17. The van der Waals surface area contributed by atoms with E-state index in [1.54, 1.807) is 19.2 Å². The van der Waals surface area contributed by atoms with Crippen LogP contribution in [0.2, 0.25) is 0 Å². The van der Waals surface area contributed by atoms with Crippen molar-refractivity contribution in [2.45, 2.75) is 37.6 Å². The second kappa shape index (κ2) is 6.31. The third kappa shape index (κ3) is 3.54. The molecule has 0 aliphatic rings. The largest absolute Gasteiger partial charge is 0.330 e. The van der Waals surface area contributed by atoms with Crippen molar-refractivity contribution >= 4 is 10.0 Å². The van der Waals surface area contributed by atoms with Crippen LogP contribution in [0, 0.1) is 0 Å². The molecule has 0 heterocycles. The highest BCUT2D eigenvalue weighted by atomic mass is 32.2. The minimum atomic E-state index is -3.37. The van der Waals surface area contributed by atoms with Crippen molar-refractivity contribution < 1.29 is 8.42 Å². The molecular weight excluding hydrogens is 248 g/mol. The zero-order valence-corrected chi connectivity index (χ0v) is 12.1. The molecule has 0 aliphatic heterocycles. The summed E-state index contributed by atoms with van der Waals surface area (Å²) in [6.07, 6.45) is 1.80. The number of nitrogens with zero attached hydrogens (tertiary/aromatic N) is 1. The second-order valence-electron chi connectivity index (χ2n) is 4.65. The van der Waals surface area contributed by atoms with Crippen LogP contribution in [0.25, 0.3) is 0 Å². The van der Waals surface area contributed by atoms with Gasteiger partial charge in [0.05, 0.1) is 4.90 Å². The molecule has 4 nitrogen and oxygen atoms in total. The fourth-order valence-corrected chi connectivity index (χ4v) is 2.95. The lowest BCUT2D eigenvalue weighted by atomic mass is 10.1. The van der Waals surface area contributed by atoms with Crippen molar-refractivity contribution in [2.24, 2.45) is 5.73 Å². The Hall–Kier alpha value is -0.910. The molecule has 0 spiro atoms. The standard InChI is InChI=1S/C13H22N2O2S/c1-11(2)15(3)18(16,17)13-8-6-12(7-9-13)5-4-10-14/h6-9,11H,4-5,10,14H2,1-3H3. The van der Waals surface area contributed by atoms with Crippen molar-refractivity contribution in [2.75, 3.05) is 13.6 Å². The number of rotatable bonds is 6. The number of sulfonamides is 1. The lowest BCUT2D eigenvalue weighted by Crippen LogP contribution is -2.33. The van der Waals surface area contributed by atoms with E-state index in [0.717, 1.165) is 18.4 Å². The highest BCUT2D eigenvalue weighted by Gasteiger charge is 2.22. The van der Waals surface area contributed by atoms with E-state index in [9.17, 15) is 8.42 Å². The molecule has 0 amide bonds. The van der Waals surface area contributed by atoms with E-state index in [0.29, 0.717) is 11.4 Å². The van der Waals surface area contributed by atoms with Crippen LogP contribution in [-0.4, -0.2) is 32.4 Å². The summed E-state index contributed by atoms with van der Waals surface area (Å²) in [6.45, 7) is 4.36. The SMILES string of the molecule is CC(C)N(C)S(=O)(=O)c1ccc(CCCN)cc1. The van der Waals surface area contributed by atoms with Crippen LogP contribution < -0.4 is 5.73 Å². The van der Waals surface area contributed by atoms with E-state index in [-0.39, 0.29) is 6.04 Å². The fraction of sp³-hybridized carbons (Fsp3) is 0.538. The van der Waals surface area contributed by atoms with Crippen molar-refractivity contribution in [1.82, 2.24) is 4.31 Å². The normalized spacial score (nSPS) is 12.3. The maximum absolute atomic E-state index is 12.2. The Bertz CT molecular complexity index is 466. The van der Waals surface area contributed by atoms with E-state index in [4.69, 9.17) is 5.73 Å². The van der Waals surface area contributed by atoms with Gasteiger partial charge in [0, 0.05) is 13.1 Å². The monoisotopic (exact) mass is 270 g/mol. The Morgan fingerprint density at radius 3 is 2.22 bits per heavy atom. The van der Waals surface area contributed by atoms with Gasteiger partial charge in [0.2, 0.25) is 10.0 Å². The summed E-state index contributed by atoms with van der Waals surface area (Å²) in [4.78, 5) is 0.343. The first-order chi connectivity index (χ1) is 8.39.